The van der Waals surface area contributed by atoms with E-state index in [9.17, 15) is 0 Å². The summed E-state index contributed by atoms with van der Waals surface area (Å²) < 4.78 is 0. The van der Waals surface area contributed by atoms with Gasteiger partial charge in [-0.1, -0.05) is 12.5 Å². The van der Waals surface area contributed by atoms with Crippen LogP contribution >= 0.6 is 11.3 Å². The number of fused-ring (bicyclic) bond motifs is 2. The smallest absolute Gasteiger partial charge is 0.116 e. The molecule has 2 N–H and O–H groups in total. The van der Waals surface area contributed by atoms with E-state index in [1.54, 1.807) is 11.3 Å². The van der Waals surface area contributed by atoms with Crippen molar-refractivity contribution >= 4 is 33.1 Å². The Kier molecular flexibility index (Phi) is 5.60. The molecule has 0 radical (unpaired) electrons. The van der Waals surface area contributed by atoms with Crippen LogP contribution in [0.1, 0.15) is 29.7 Å². The fraction of sp³-hybridized carbons (Fsp3) is 0.233. The van der Waals surface area contributed by atoms with Gasteiger partial charge < -0.3 is 4.98 Å². The van der Waals surface area contributed by atoms with Gasteiger partial charge in [0.25, 0.3) is 0 Å². The topological polar surface area (TPSA) is 73.5 Å². The highest BCUT2D eigenvalue weighted by atomic mass is 32.1. The van der Waals surface area contributed by atoms with Gasteiger partial charge in [0, 0.05) is 56.8 Å². The van der Waals surface area contributed by atoms with Gasteiger partial charge >= 0.3 is 0 Å². The monoisotopic (exact) mass is 504 g/mol. The summed E-state index contributed by atoms with van der Waals surface area (Å²) in [5.74, 6) is 0. The number of aryl methyl sites for hydroxylation is 1. The van der Waals surface area contributed by atoms with Crippen LogP contribution in [-0.4, -0.2) is 43.1 Å². The Hall–Kier alpha value is -3.81. The van der Waals surface area contributed by atoms with Crippen molar-refractivity contribution in [3.63, 3.8) is 0 Å². The minimum absolute atomic E-state index is 0.916. The van der Waals surface area contributed by atoms with Crippen LogP contribution in [0.4, 0.5) is 0 Å². The summed E-state index contributed by atoms with van der Waals surface area (Å²) in [5.41, 5.74) is 8.64. The molecule has 0 bridgehead atoms. The van der Waals surface area contributed by atoms with E-state index in [1.165, 1.54) is 47.7 Å². The molecule has 1 saturated heterocycles. The largest absolute Gasteiger partial charge is 0.352 e. The van der Waals surface area contributed by atoms with Crippen molar-refractivity contribution in [1.29, 1.82) is 0 Å². The number of pyridine rings is 2. The lowest BCUT2D eigenvalue weighted by molar-refractivity contribution is 0.220. The molecule has 0 amide bonds. The predicted octanol–water partition coefficient (Wildman–Crippen LogP) is 7.19. The van der Waals surface area contributed by atoms with Crippen LogP contribution in [0.25, 0.3) is 54.8 Å². The zero-order chi connectivity index (χ0) is 24.8. The molecule has 1 fully saturated rings. The number of aromatic nitrogens is 5. The number of H-pyrrole nitrogens is 2. The summed E-state index contributed by atoms with van der Waals surface area (Å²) in [6, 6.07) is 15.3. The Bertz CT molecular complexity index is 1720. The quantitative estimate of drug-likeness (QED) is 0.261. The maximum absolute atomic E-state index is 4.70. The molecule has 1 aliphatic rings. The average Bonchev–Trinajstić information content (AvgIpc) is 3.66. The number of nitrogens with zero attached hydrogens (tertiary/aromatic N) is 4. The number of likely N-dealkylation sites (tertiary alicyclic amines) is 1. The summed E-state index contributed by atoms with van der Waals surface area (Å²) >= 11 is 1.79. The van der Waals surface area contributed by atoms with Gasteiger partial charge in [-0.05, 0) is 80.4 Å². The molecular weight excluding hydrogens is 476 g/mol. The van der Waals surface area contributed by atoms with Crippen LogP contribution in [0.2, 0.25) is 0 Å². The molecule has 0 spiro atoms. The summed E-state index contributed by atoms with van der Waals surface area (Å²) in [6.45, 7) is 5.47. The number of thiophene rings is 1. The minimum Gasteiger partial charge on any atom is -0.352 e. The highest BCUT2D eigenvalue weighted by Crippen LogP contribution is 2.37. The van der Waals surface area contributed by atoms with Gasteiger partial charge in [0.05, 0.1) is 22.9 Å². The van der Waals surface area contributed by atoms with Gasteiger partial charge in [-0.15, -0.1) is 11.3 Å². The Morgan fingerprint density at radius 2 is 1.73 bits per heavy atom. The maximum Gasteiger partial charge on any atom is 0.116 e. The van der Waals surface area contributed by atoms with E-state index in [2.05, 4.69) is 74.3 Å². The standard InChI is InChI=1S/C30H28N6S/c1-19-5-8-29(37-19)25-16-32-17-28-23(25)13-27(33-28)30-24-12-21(6-7-26(24)34-35-30)22-11-20(14-31-15-22)18-36-9-3-2-4-10-36/h5-8,11-17,33H,2-4,9-10,18H2,1H3,(H,34,35). The van der Waals surface area contributed by atoms with Crippen LogP contribution in [0.15, 0.2) is 67.3 Å². The summed E-state index contributed by atoms with van der Waals surface area (Å²) in [4.78, 5) is 17.7. The van der Waals surface area contributed by atoms with Crippen molar-refractivity contribution in [2.24, 2.45) is 0 Å². The maximum atomic E-state index is 4.70. The lowest BCUT2D eigenvalue weighted by Gasteiger charge is -2.26. The zero-order valence-electron chi connectivity index (χ0n) is 20.8. The average molecular weight is 505 g/mol. The van der Waals surface area contributed by atoms with Crippen molar-refractivity contribution in [2.45, 2.75) is 32.7 Å². The number of hydrogen-bond acceptors (Lipinski definition) is 5. The number of benzene rings is 1. The van der Waals surface area contributed by atoms with Crippen molar-refractivity contribution < 1.29 is 0 Å². The molecule has 184 valence electrons. The van der Waals surface area contributed by atoms with E-state index in [4.69, 9.17) is 5.10 Å². The molecular formula is C30H28N6S. The Morgan fingerprint density at radius 3 is 2.59 bits per heavy atom. The third-order valence-electron chi connectivity index (χ3n) is 7.35. The predicted molar refractivity (Wildman–Crippen MR) is 152 cm³/mol. The molecule has 7 heteroatoms. The molecule has 0 saturated carbocycles. The molecule has 0 unspecified atom stereocenters. The number of nitrogens with one attached hydrogen (secondary N) is 2. The third-order valence-corrected chi connectivity index (χ3v) is 8.39. The highest BCUT2D eigenvalue weighted by molar-refractivity contribution is 7.15. The van der Waals surface area contributed by atoms with Crippen molar-refractivity contribution in [3.8, 4) is 33.0 Å². The van der Waals surface area contributed by atoms with E-state index >= 15 is 0 Å². The van der Waals surface area contributed by atoms with Crippen molar-refractivity contribution in [1.82, 2.24) is 30.0 Å². The van der Waals surface area contributed by atoms with Crippen LogP contribution in [0.5, 0.6) is 0 Å². The van der Waals surface area contributed by atoms with Gasteiger partial charge in [-0.3, -0.25) is 20.0 Å². The summed E-state index contributed by atoms with van der Waals surface area (Å²) in [6.07, 6.45) is 11.8. The second-order valence-electron chi connectivity index (χ2n) is 9.99. The molecule has 5 aromatic heterocycles. The summed E-state index contributed by atoms with van der Waals surface area (Å²) in [5, 5.41) is 10.2. The molecule has 6 aromatic rings. The van der Waals surface area contributed by atoms with E-state index < -0.39 is 0 Å². The Balaban J connectivity index is 1.26. The molecule has 7 rings (SSSR count). The first-order valence-electron chi connectivity index (χ1n) is 12.9. The number of rotatable bonds is 5. The van der Waals surface area contributed by atoms with Crippen molar-refractivity contribution in [2.75, 3.05) is 13.1 Å². The first kappa shape index (κ1) is 22.4. The summed E-state index contributed by atoms with van der Waals surface area (Å²) in [7, 11) is 0. The minimum atomic E-state index is 0.916. The number of piperidine rings is 1. The number of aromatic amines is 2. The fourth-order valence-electron chi connectivity index (χ4n) is 5.46. The Labute approximate surface area is 219 Å². The second-order valence-corrected chi connectivity index (χ2v) is 11.3. The van der Waals surface area contributed by atoms with Crippen LogP contribution in [0, 0.1) is 6.92 Å². The third kappa shape index (κ3) is 4.24. The SMILES string of the molecule is Cc1ccc(-c2cncc3[nH]c(-c4n[nH]c5ccc(-c6cncc(CN7CCCCC7)c6)cc45)cc23)s1. The molecule has 37 heavy (non-hydrogen) atoms. The van der Waals surface area contributed by atoms with Crippen LogP contribution < -0.4 is 0 Å². The van der Waals surface area contributed by atoms with Crippen LogP contribution in [-0.2, 0) is 6.54 Å². The Morgan fingerprint density at radius 1 is 0.838 bits per heavy atom. The molecule has 1 aliphatic heterocycles. The van der Waals surface area contributed by atoms with Gasteiger partial charge in [-0.25, -0.2) is 0 Å². The molecule has 0 atom stereocenters. The molecule has 6 nitrogen and oxygen atoms in total. The lowest BCUT2D eigenvalue weighted by Crippen LogP contribution is -2.29. The fourth-order valence-corrected chi connectivity index (χ4v) is 6.35. The first-order chi connectivity index (χ1) is 18.2. The molecule has 1 aromatic carbocycles. The first-order valence-corrected chi connectivity index (χ1v) is 13.7. The van der Waals surface area contributed by atoms with Crippen molar-refractivity contribution in [3.05, 3.63) is 77.7 Å². The normalized spacial score (nSPS) is 14.6. The van der Waals surface area contributed by atoms with E-state index in [0.29, 0.717) is 0 Å². The van der Waals surface area contributed by atoms with Gasteiger partial charge in [0.2, 0.25) is 0 Å². The highest BCUT2D eigenvalue weighted by Gasteiger charge is 2.16. The van der Waals surface area contributed by atoms with Gasteiger partial charge in [-0.2, -0.15) is 5.10 Å². The van der Waals surface area contributed by atoms with E-state index in [1.807, 2.05) is 24.8 Å². The van der Waals surface area contributed by atoms with Gasteiger partial charge in [0.1, 0.15) is 5.69 Å². The number of hydrogen-bond donors (Lipinski definition) is 2. The van der Waals surface area contributed by atoms with E-state index in [0.717, 1.165) is 56.4 Å². The van der Waals surface area contributed by atoms with E-state index in [-0.39, 0.29) is 0 Å². The van der Waals surface area contributed by atoms with Gasteiger partial charge in [0.15, 0.2) is 0 Å². The molecule has 6 heterocycles. The zero-order valence-corrected chi connectivity index (χ0v) is 21.6. The lowest BCUT2D eigenvalue weighted by atomic mass is 10.0. The van der Waals surface area contributed by atoms with Crippen LogP contribution in [0.3, 0.4) is 0 Å². The molecule has 0 aliphatic carbocycles. The second kappa shape index (κ2) is 9.25.